The van der Waals surface area contributed by atoms with Gasteiger partial charge in [0.1, 0.15) is 11.2 Å². The Balaban J connectivity index is 2.24. The lowest BCUT2D eigenvalue weighted by Gasteiger charge is -2.19. The van der Waals surface area contributed by atoms with Gasteiger partial charge in [-0.3, -0.25) is 14.3 Å². The van der Waals surface area contributed by atoms with Crippen molar-refractivity contribution in [1.82, 2.24) is 9.78 Å². The molecule has 0 spiro atoms. The number of carbonyl (C=O) groups excluding carboxylic acids is 2. The lowest BCUT2D eigenvalue weighted by Crippen LogP contribution is -2.36. The van der Waals surface area contributed by atoms with Crippen LogP contribution in [0, 0.1) is 5.41 Å². The summed E-state index contributed by atoms with van der Waals surface area (Å²) in [5.74, 6) is -0.543. The molecule has 0 amide bonds. The lowest BCUT2D eigenvalue weighted by atomic mass is 9.78. The van der Waals surface area contributed by atoms with Crippen molar-refractivity contribution in [2.45, 2.75) is 39.7 Å². The minimum atomic E-state index is -1.02. The number of carbonyl (C=O) groups is 2. The number of rotatable bonds is 4. The number of esters is 1. The smallest absolute Gasteiger partial charge is 0.320 e. The van der Waals surface area contributed by atoms with Gasteiger partial charge in [-0.1, -0.05) is 0 Å². The third kappa shape index (κ3) is 2.05. The van der Waals surface area contributed by atoms with Crippen LogP contribution in [-0.4, -0.2) is 28.1 Å². The van der Waals surface area contributed by atoms with Crippen molar-refractivity contribution in [2.75, 3.05) is 6.61 Å². The van der Waals surface area contributed by atoms with E-state index in [1.54, 1.807) is 0 Å². The van der Waals surface area contributed by atoms with Crippen LogP contribution >= 0.6 is 0 Å². The Morgan fingerprint density at radius 3 is 2.78 bits per heavy atom. The maximum atomic E-state index is 11.8. The highest BCUT2D eigenvalue weighted by molar-refractivity contribution is 6.03. The Morgan fingerprint density at radius 1 is 1.61 bits per heavy atom. The molecule has 1 atom stereocenters. The summed E-state index contributed by atoms with van der Waals surface area (Å²) < 4.78 is 6.79. The Bertz CT molecular complexity index is 478. The highest BCUT2D eigenvalue weighted by atomic mass is 16.5. The van der Waals surface area contributed by atoms with Crippen molar-refractivity contribution < 1.29 is 14.3 Å². The number of nitrogens with zero attached hydrogens (tertiary/aromatic N) is 2. The molecule has 2 heterocycles. The van der Waals surface area contributed by atoms with Crippen molar-refractivity contribution in [3.05, 3.63) is 18.0 Å². The van der Waals surface area contributed by atoms with Crippen molar-refractivity contribution in [3.8, 4) is 0 Å². The van der Waals surface area contributed by atoms with E-state index in [4.69, 9.17) is 4.74 Å². The topological polar surface area (TPSA) is 61.2 Å². The maximum absolute atomic E-state index is 11.8. The van der Waals surface area contributed by atoms with E-state index in [0.29, 0.717) is 19.4 Å². The van der Waals surface area contributed by atoms with Crippen LogP contribution in [0.1, 0.15) is 38.9 Å². The first-order chi connectivity index (χ1) is 8.45. The summed E-state index contributed by atoms with van der Waals surface area (Å²) in [6, 6.07) is 2.12. The van der Waals surface area contributed by atoms with Crippen LogP contribution in [0.25, 0.3) is 0 Å². The van der Waals surface area contributed by atoms with Crippen LogP contribution in [0.15, 0.2) is 12.3 Å². The molecule has 1 aromatic heterocycles. The first kappa shape index (κ1) is 12.8. The number of ketones is 1. The van der Waals surface area contributed by atoms with E-state index in [0.717, 1.165) is 5.69 Å². The molecule has 1 fully saturated rings. The molecule has 5 heteroatoms. The number of aromatic nitrogens is 2. The van der Waals surface area contributed by atoms with Crippen LogP contribution in [0.5, 0.6) is 0 Å². The number of hydrogen-bond donors (Lipinski definition) is 0. The predicted octanol–water partition coefficient (Wildman–Crippen LogP) is 1.53. The molecular formula is C13H18N2O3. The monoisotopic (exact) mass is 250 g/mol. The van der Waals surface area contributed by atoms with Gasteiger partial charge in [0.05, 0.1) is 12.3 Å². The van der Waals surface area contributed by atoms with Gasteiger partial charge in [-0.25, -0.2) is 0 Å². The molecule has 0 aliphatic carbocycles. The van der Waals surface area contributed by atoms with E-state index in [2.05, 4.69) is 5.10 Å². The van der Waals surface area contributed by atoms with E-state index < -0.39 is 11.4 Å². The standard InChI is InChI=1S/C13H18N2O3/c1-9(2)15-6-4-11(14-15)8-13(10(3)16)5-7-18-12(13)17/h4,6,9H,5,7-8H2,1-3H3. The van der Waals surface area contributed by atoms with Crippen molar-refractivity contribution >= 4 is 11.8 Å². The minimum absolute atomic E-state index is 0.135. The Kier molecular flexibility index (Phi) is 3.24. The third-order valence-corrected chi connectivity index (χ3v) is 3.50. The van der Waals surface area contributed by atoms with E-state index in [-0.39, 0.29) is 11.8 Å². The second-order valence-electron chi connectivity index (χ2n) is 5.08. The van der Waals surface area contributed by atoms with E-state index in [9.17, 15) is 9.59 Å². The Hall–Kier alpha value is -1.65. The molecule has 18 heavy (non-hydrogen) atoms. The first-order valence-electron chi connectivity index (χ1n) is 6.18. The third-order valence-electron chi connectivity index (χ3n) is 3.50. The van der Waals surface area contributed by atoms with Gasteiger partial charge in [0.15, 0.2) is 0 Å². The molecule has 5 nitrogen and oxygen atoms in total. The molecule has 2 rings (SSSR count). The van der Waals surface area contributed by atoms with Gasteiger partial charge in [0.25, 0.3) is 0 Å². The van der Waals surface area contributed by atoms with Gasteiger partial charge in [0.2, 0.25) is 0 Å². The predicted molar refractivity (Wildman–Crippen MR) is 65.0 cm³/mol. The molecule has 1 saturated heterocycles. The van der Waals surface area contributed by atoms with Gasteiger partial charge in [-0.05, 0) is 26.8 Å². The summed E-state index contributed by atoms with van der Waals surface area (Å²) in [7, 11) is 0. The van der Waals surface area contributed by atoms with Crippen molar-refractivity contribution in [3.63, 3.8) is 0 Å². The zero-order valence-corrected chi connectivity index (χ0v) is 11.0. The zero-order valence-electron chi connectivity index (χ0n) is 11.0. The number of ether oxygens (including phenoxy) is 1. The minimum Gasteiger partial charge on any atom is -0.465 e. The molecule has 0 saturated carbocycles. The summed E-state index contributed by atoms with van der Waals surface area (Å²) in [6.45, 7) is 5.83. The van der Waals surface area contributed by atoms with Crippen LogP contribution in [-0.2, 0) is 20.7 Å². The highest BCUT2D eigenvalue weighted by Crippen LogP contribution is 2.34. The largest absolute Gasteiger partial charge is 0.465 e. The molecule has 0 bridgehead atoms. The van der Waals surface area contributed by atoms with E-state index >= 15 is 0 Å². The van der Waals surface area contributed by atoms with Gasteiger partial charge in [-0.15, -0.1) is 0 Å². The van der Waals surface area contributed by atoms with Crippen LogP contribution in [0.2, 0.25) is 0 Å². The first-order valence-corrected chi connectivity index (χ1v) is 6.18. The maximum Gasteiger partial charge on any atom is 0.320 e. The van der Waals surface area contributed by atoms with E-state index in [1.807, 2.05) is 30.8 Å². The molecule has 0 aromatic carbocycles. The van der Waals surface area contributed by atoms with E-state index in [1.165, 1.54) is 6.92 Å². The van der Waals surface area contributed by atoms with Gasteiger partial charge in [0, 0.05) is 25.1 Å². The summed E-state index contributed by atoms with van der Waals surface area (Å²) in [6.07, 6.45) is 2.66. The molecule has 1 aliphatic heterocycles. The molecule has 1 unspecified atom stereocenters. The lowest BCUT2D eigenvalue weighted by molar-refractivity contribution is -0.150. The average molecular weight is 250 g/mol. The second kappa shape index (κ2) is 4.55. The fourth-order valence-electron chi connectivity index (χ4n) is 2.23. The second-order valence-corrected chi connectivity index (χ2v) is 5.08. The normalized spacial score (nSPS) is 23.4. The molecule has 1 aliphatic rings. The number of Topliss-reactive ketones (excluding diaryl/α,β-unsaturated/α-hetero) is 1. The molecule has 1 aromatic rings. The van der Waals surface area contributed by atoms with Crippen LogP contribution < -0.4 is 0 Å². The van der Waals surface area contributed by atoms with Gasteiger partial charge in [-0.2, -0.15) is 5.10 Å². The SMILES string of the molecule is CC(=O)C1(Cc2ccn(C(C)C)n2)CCOC1=O. The summed E-state index contributed by atoms with van der Waals surface area (Å²) >= 11 is 0. The molecule has 0 radical (unpaired) electrons. The van der Waals surface area contributed by atoms with Crippen molar-refractivity contribution in [1.29, 1.82) is 0 Å². The summed E-state index contributed by atoms with van der Waals surface area (Å²) in [4.78, 5) is 23.6. The molecule has 0 N–H and O–H groups in total. The fraction of sp³-hybridized carbons (Fsp3) is 0.615. The van der Waals surface area contributed by atoms with Crippen LogP contribution in [0.4, 0.5) is 0 Å². The Morgan fingerprint density at radius 2 is 2.33 bits per heavy atom. The average Bonchev–Trinajstić information content (AvgIpc) is 2.88. The quantitative estimate of drug-likeness (QED) is 0.600. The number of hydrogen-bond acceptors (Lipinski definition) is 4. The van der Waals surface area contributed by atoms with Crippen LogP contribution in [0.3, 0.4) is 0 Å². The van der Waals surface area contributed by atoms with Gasteiger partial charge >= 0.3 is 5.97 Å². The molecule has 98 valence electrons. The van der Waals surface area contributed by atoms with Crippen molar-refractivity contribution in [2.24, 2.45) is 5.41 Å². The fourth-order valence-corrected chi connectivity index (χ4v) is 2.23. The van der Waals surface area contributed by atoms with Gasteiger partial charge < -0.3 is 4.74 Å². The summed E-state index contributed by atoms with van der Waals surface area (Å²) in [5, 5.41) is 4.39. The highest BCUT2D eigenvalue weighted by Gasteiger charge is 2.49. The number of cyclic esters (lactones) is 1. The summed E-state index contributed by atoms with van der Waals surface area (Å²) in [5.41, 5.74) is -0.256. The zero-order chi connectivity index (χ0) is 13.3. The molecular weight excluding hydrogens is 232 g/mol. The Labute approximate surface area is 106 Å².